The number of benzene rings is 1. The van der Waals surface area contributed by atoms with Crippen molar-refractivity contribution in [2.75, 3.05) is 0 Å². The Hall–Kier alpha value is -3.53. The van der Waals surface area contributed by atoms with Gasteiger partial charge in [0.05, 0.1) is 11.3 Å². The molecule has 0 bridgehead atoms. The van der Waals surface area contributed by atoms with Crippen LogP contribution in [0.5, 0.6) is 11.6 Å². The van der Waals surface area contributed by atoms with Crippen LogP contribution in [0.2, 0.25) is 0 Å². The number of aliphatic hydroxyl groups excluding tert-OH is 1. The number of carbonyl (C=O) groups excluding carboxylic acids is 1. The molecule has 1 atom stereocenters. The summed E-state index contributed by atoms with van der Waals surface area (Å²) in [6.07, 6.45) is -3.95. The number of pyridine rings is 1. The van der Waals surface area contributed by atoms with Crippen molar-refractivity contribution >= 4 is 5.91 Å². The average molecular weight is 390 g/mol. The van der Waals surface area contributed by atoms with E-state index >= 15 is 0 Å². The molecular weight excluding hydrogens is 377 g/mol. The van der Waals surface area contributed by atoms with Crippen molar-refractivity contribution in [1.29, 1.82) is 0 Å². The topological polar surface area (TPSA) is 111 Å². The van der Waals surface area contributed by atoms with Crippen LogP contribution in [0, 0.1) is 0 Å². The summed E-state index contributed by atoms with van der Waals surface area (Å²) in [7, 11) is 0. The number of alkyl halides is 3. The van der Waals surface area contributed by atoms with Crippen molar-refractivity contribution in [2.45, 2.75) is 12.3 Å². The molecule has 0 radical (unpaired) electrons. The van der Waals surface area contributed by atoms with Crippen LogP contribution in [0.3, 0.4) is 0 Å². The molecule has 1 aromatic carbocycles. The molecule has 0 spiro atoms. The van der Waals surface area contributed by atoms with Crippen LogP contribution in [0.15, 0.2) is 54.9 Å². The number of nitrogens with zero attached hydrogens (tertiary/aromatic N) is 3. The van der Waals surface area contributed by atoms with Crippen molar-refractivity contribution in [3.05, 3.63) is 66.1 Å². The van der Waals surface area contributed by atoms with Gasteiger partial charge in [-0.3, -0.25) is 4.79 Å². The van der Waals surface area contributed by atoms with Gasteiger partial charge in [-0.1, -0.05) is 0 Å². The van der Waals surface area contributed by atoms with E-state index < -0.39 is 23.8 Å². The van der Waals surface area contributed by atoms with E-state index in [4.69, 9.17) is 10.5 Å². The summed E-state index contributed by atoms with van der Waals surface area (Å²) in [5, 5.41) is 9.68. The minimum Gasteiger partial charge on any atom is -0.439 e. The van der Waals surface area contributed by atoms with Gasteiger partial charge in [0, 0.05) is 24.0 Å². The lowest BCUT2D eigenvalue weighted by molar-refractivity contribution is -0.137. The first-order valence-corrected chi connectivity index (χ1v) is 7.86. The smallest absolute Gasteiger partial charge is 0.417 e. The van der Waals surface area contributed by atoms with Gasteiger partial charge in [0.1, 0.15) is 5.75 Å². The third kappa shape index (κ3) is 4.41. The fraction of sp³-hybridized carbons (Fsp3) is 0.111. The van der Waals surface area contributed by atoms with Gasteiger partial charge in [-0.05, 0) is 36.4 Å². The largest absolute Gasteiger partial charge is 0.439 e. The third-order valence-electron chi connectivity index (χ3n) is 3.63. The minimum atomic E-state index is -4.47. The van der Waals surface area contributed by atoms with Crippen LogP contribution >= 0.6 is 0 Å². The Labute approximate surface area is 156 Å². The molecule has 144 valence electrons. The summed E-state index contributed by atoms with van der Waals surface area (Å²) in [6.45, 7) is 0. The zero-order valence-electron chi connectivity index (χ0n) is 14.1. The number of halogens is 3. The highest BCUT2D eigenvalue weighted by atomic mass is 19.4. The molecule has 2 aromatic heterocycles. The predicted molar refractivity (Wildman–Crippen MR) is 90.9 cm³/mol. The SMILES string of the molecule is NC(=O)C(O)c1ccnc(-c2ccc(Oc3ccc(C(F)(F)F)cn3)cc2)n1. The predicted octanol–water partition coefficient (Wildman–Crippen LogP) is 2.87. The van der Waals surface area contributed by atoms with Gasteiger partial charge in [0.2, 0.25) is 5.88 Å². The first kappa shape index (κ1) is 19.2. The Bertz CT molecular complexity index is 977. The third-order valence-corrected chi connectivity index (χ3v) is 3.63. The monoisotopic (exact) mass is 390 g/mol. The highest BCUT2D eigenvalue weighted by Gasteiger charge is 2.30. The molecule has 0 fully saturated rings. The summed E-state index contributed by atoms with van der Waals surface area (Å²) in [5.41, 5.74) is 4.80. The Morgan fingerprint density at radius 3 is 2.36 bits per heavy atom. The fourth-order valence-corrected chi connectivity index (χ4v) is 2.21. The maximum absolute atomic E-state index is 12.5. The second kappa shape index (κ2) is 7.61. The van der Waals surface area contributed by atoms with Gasteiger partial charge >= 0.3 is 6.18 Å². The second-order valence-corrected chi connectivity index (χ2v) is 5.62. The van der Waals surface area contributed by atoms with E-state index in [1.54, 1.807) is 24.3 Å². The molecule has 3 N–H and O–H groups in total. The molecule has 0 saturated carbocycles. The van der Waals surface area contributed by atoms with Crippen molar-refractivity contribution in [3.8, 4) is 23.0 Å². The molecule has 3 aromatic rings. The van der Waals surface area contributed by atoms with Crippen LogP contribution in [0.1, 0.15) is 17.4 Å². The van der Waals surface area contributed by atoms with Crippen LogP contribution in [0.4, 0.5) is 13.2 Å². The molecule has 0 aliphatic heterocycles. The molecular formula is C18H13F3N4O3. The summed E-state index contributed by atoms with van der Waals surface area (Å²) in [4.78, 5) is 22.9. The lowest BCUT2D eigenvalue weighted by atomic mass is 10.2. The van der Waals surface area contributed by atoms with Gasteiger partial charge in [0.25, 0.3) is 5.91 Å². The van der Waals surface area contributed by atoms with Crippen LogP contribution < -0.4 is 10.5 Å². The molecule has 3 rings (SSSR count). The summed E-state index contributed by atoms with van der Waals surface area (Å²) in [6, 6.07) is 9.68. The van der Waals surface area contributed by atoms with Gasteiger partial charge in [-0.25, -0.2) is 15.0 Å². The highest BCUT2D eigenvalue weighted by molar-refractivity contribution is 5.79. The zero-order valence-corrected chi connectivity index (χ0v) is 14.1. The van der Waals surface area contributed by atoms with Crippen molar-refractivity contribution < 1.29 is 27.8 Å². The highest BCUT2D eigenvalue weighted by Crippen LogP contribution is 2.30. The summed E-state index contributed by atoms with van der Waals surface area (Å²) in [5.74, 6) is -0.345. The summed E-state index contributed by atoms with van der Waals surface area (Å²) < 4.78 is 43.0. The van der Waals surface area contributed by atoms with E-state index in [2.05, 4.69) is 15.0 Å². The first-order chi connectivity index (χ1) is 13.2. The standard InChI is InChI=1S/C18H13F3N4O3/c19-18(20,21)11-3-6-14(24-9-11)28-12-4-1-10(2-5-12)17-23-8-7-13(25-17)15(26)16(22)27/h1-9,15,26H,(H2,22,27). The molecule has 0 aliphatic carbocycles. The second-order valence-electron chi connectivity index (χ2n) is 5.62. The van der Waals surface area contributed by atoms with E-state index in [0.717, 1.165) is 12.1 Å². The first-order valence-electron chi connectivity index (χ1n) is 7.86. The number of carbonyl (C=O) groups is 1. The molecule has 1 amide bonds. The molecule has 10 heteroatoms. The number of amides is 1. The number of primary amides is 1. The number of aromatic nitrogens is 3. The fourth-order valence-electron chi connectivity index (χ4n) is 2.21. The van der Waals surface area contributed by atoms with Crippen molar-refractivity contribution in [2.24, 2.45) is 5.73 Å². The van der Waals surface area contributed by atoms with Gasteiger partial charge in [-0.2, -0.15) is 13.2 Å². The number of ether oxygens (including phenoxy) is 1. The molecule has 7 nitrogen and oxygen atoms in total. The van der Waals surface area contributed by atoms with Gasteiger partial charge in [0.15, 0.2) is 11.9 Å². The summed E-state index contributed by atoms with van der Waals surface area (Å²) >= 11 is 0. The zero-order chi connectivity index (χ0) is 20.3. The van der Waals surface area contributed by atoms with E-state index in [1.165, 1.54) is 12.3 Å². The Morgan fingerprint density at radius 1 is 1.07 bits per heavy atom. The quantitative estimate of drug-likeness (QED) is 0.693. The average Bonchev–Trinajstić information content (AvgIpc) is 2.68. The molecule has 28 heavy (non-hydrogen) atoms. The minimum absolute atomic E-state index is 0.00331. The number of hydrogen-bond donors (Lipinski definition) is 2. The van der Waals surface area contributed by atoms with E-state index in [0.29, 0.717) is 17.5 Å². The van der Waals surface area contributed by atoms with Crippen LogP contribution in [-0.4, -0.2) is 26.0 Å². The number of rotatable bonds is 5. The molecule has 1 unspecified atom stereocenters. The number of aliphatic hydroxyl groups is 1. The Morgan fingerprint density at radius 2 is 1.79 bits per heavy atom. The van der Waals surface area contributed by atoms with Crippen molar-refractivity contribution in [3.63, 3.8) is 0 Å². The molecule has 0 aliphatic rings. The number of nitrogens with two attached hydrogens (primary N) is 1. The normalized spacial score (nSPS) is 12.4. The lowest BCUT2D eigenvalue weighted by Gasteiger charge is -2.09. The van der Waals surface area contributed by atoms with Gasteiger partial charge < -0.3 is 15.6 Å². The van der Waals surface area contributed by atoms with Crippen molar-refractivity contribution in [1.82, 2.24) is 15.0 Å². The Balaban J connectivity index is 1.75. The van der Waals surface area contributed by atoms with Crippen LogP contribution in [-0.2, 0) is 11.0 Å². The van der Waals surface area contributed by atoms with E-state index in [1.807, 2.05) is 0 Å². The van der Waals surface area contributed by atoms with E-state index in [9.17, 15) is 23.1 Å². The maximum atomic E-state index is 12.5. The maximum Gasteiger partial charge on any atom is 0.417 e. The van der Waals surface area contributed by atoms with E-state index in [-0.39, 0.29) is 17.4 Å². The van der Waals surface area contributed by atoms with Crippen LogP contribution in [0.25, 0.3) is 11.4 Å². The molecule has 0 saturated heterocycles. The lowest BCUT2D eigenvalue weighted by Crippen LogP contribution is -2.21. The number of hydrogen-bond acceptors (Lipinski definition) is 6. The molecule has 2 heterocycles. The Kier molecular flexibility index (Phi) is 5.23. The van der Waals surface area contributed by atoms with Gasteiger partial charge in [-0.15, -0.1) is 0 Å².